The summed E-state index contributed by atoms with van der Waals surface area (Å²) in [6.45, 7) is 6.60. The first-order chi connectivity index (χ1) is 9.02. The summed E-state index contributed by atoms with van der Waals surface area (Å²) in [6, 6.07) is 5.76. The third-order valence-electron chi connectivity index (χ3n) is 4.91. The first-order valence-electron chi connectivity index (χ1n) is 7.46. The molecular formula is C17H26FN. The molecule has 0 saturated heterocycles. The third-order valence-corrected chi connectivity index (χ3v) is 4.91. The first kappa shape index (κ1) is 14.5. The SMILES string of the molecule is CNC(c1ccc(C)cc1F)C1CCC(C)C(C)C1. The zero-order chi connectivity index (χ0) is 14.0. The van der Waals surface area contributed by atoms with Crippen LogP contribution in [0.25, 0.3) is 0 Å². The van der Waals surface area contributed by atoms with Crippen molar-refractivity contribution in [3.05, 3.63) is 35.1 Å². The van der Waals surface area contributed by atoms with Gasteiger partial charge in [0, 0.05) is 11.6 Å². The highest BCUT2D eigenvalue weighted by Gasteiger charge is 2.31. The van der Waals surface area contributed by atoms with Crippen molar-refractivity contribution in [2.75, 3.05) is 7.05 Å². The Kier molecular flexibility index (Phi) is 4.62. The van der Waals surface area contributed by atoms with Gasteiger partial charge in [-0.3, -0.25) is 0 Å². The van der Waals surface area contributed by atoms with Crippen molar-refractivity contribution in [3.63, 3.8) is 0 Å². The second-order valence-electron chi connectivity index (χ2n) is 6.32. The molecule has 0 radical (unpaired) electrons. The van der Waals surface area contributed by atoms with E-state index >= 15 is 0 Å². The van der Waals surface area contributed by atoms with Gasteiger partial charge in [-0.2, -0.15) is 0 Å². The molecule has 1 saturated carbocycles. The van der Waals surface area contributed by atoms with Crippen LogP contribution in [0.1, 0.15) is 50.3 Å². The number of halogens is 1. The van der Waals surface area contributed by atoms with E-state index in [2.05, 4.69) is 19.2 Å². The Morgan fingerprint density at radius 1 is 1.21 bits per heavy atom. The van der Waals surface area contributed by atoms with Gasteiger partial charge in [-0.15, -0.1) is 0 Å². The fraction of sp³-hybridized carbons (Fsp3) is 0.647. The molecule has 1 aliphatic carbocycles. The largest absolute Gasteiger partial charge is 0.313 e. The molecule has 0 aromatic heterocycles. The van der Waals surface area contributed by atoms with Crippen LogP contribution in [0.5, 0.6) is 0 Å². The number of rotatable bonds is 3. The Bertz CT molecular complexity index is 429. The molecule has 2 rings (SSSR count). The van der Waals surface area contributed by atoms with Crippen molar-refractivity contribution >= 4 is 0 Å². The van der Waals surface area contributed by atoms with Gasteiger partial charge in [-0.1, -0.05) is 32.4 Å². The lowest BCUT2D eigenvalue weighted by Gasteiger charge is -2.37. The topological polar surface area (TPSA) is 12.0 Å². The highest BCUT2D eigenvalue weighted by Crippen LogP contribution is 2.40. The van der Waals surface area contributed by atoms with Gasteiger partial charge < -0.3 is 5.32 Å². The molecule has 1 aromatic carbocycles. The first-order valence-corrected chi connectivity index (χ1v) is 7.46. The van der Waals surface area contributed by atoms with E-state index in [-0.39, 0.29) is 11.9 Å². The Morgan fingerprint density at radius 3 is 2.53 bits per heavy atom. The van der Waals surface area contributed by atoms with Crippen molar-refractivity contribution < 1.29 is 4.39 Å². The molecule has 4 unspecified atom stereocenters. The summed E-state index contributed by atoms with van der Waals surface area (Å²) in [5.41, 5.74) is 1.82. The Morgan fingerprint density at radius 2 is 1.95 bits per heavy atom. The van der Waals surface area contributed by atoms with E-state index < -0.39 is 0 Å². The van der Waals surface area contributed by atoms with E-state index in [1.165, 1.54) is 19.3 Å². The van der Waals surface area contributed by atoms with Crippen molar-refractivity contribution in [3.8, 4) is 0 Å². The van der Waals surface area contributed by atoms with Crippen LogP contribution in [-0.4, -0.2) is 7.05 Å². The van der Waals surface area contributed by atoms with Crippen LogP contribution in [0.4, 0.5) is 4.39 Å². The van der Waals surface area contributed by atoms with Crippen LogP contribution in [0.2, 0.25) is 0 Å². The molecule has 0 bridgehead atoms. The summed E-state index contributed by atoms with van der Waals surface area (Å²) in [4.78, 5) is 0. The van der Waals surface area contributed by atoms with Crippen LogP contribution < -0.4 is 5.32 Å². The highest BCUT2D eigenvalue weighted by atomic mass is 19.1. The van der Waals surface area contributed by atoms with E-state index in [0.29, 0.717) is 5.92 Å². The minimum Gasteiger partial charge on any atom is -0.313 e. The van der Waals surface area contributed by atoms with E-state index in [4.69, 9.17) is 0 Å². The van der Waals surface area contributed by atoms with Crippen molar-refractivity contribution in [2.24, 2.45) is 17.8 Å². The van der Waals surface area contributed by atoms with Gasteiger partial charge in [0.2, 0.25) is 0 Å². The maximum atomic E-state index is 14.2. The van der Waals surface area contributed by atoms with Crippen LogP contribution in [0.15, 0.2) is 18.2 Å². The van der Waals surface area contributed by atoms with E-state index in [1.807, 2.05) is 26.1 Å². The lowest BCUT2D eigenvalue weighted by molar-refractivity contribution is 0.173. The molecule has 1 aromatic rings. The van der Waals surface area contributed by atoms with Crippen molar-refractivity contribution in [1.29, 1.82) is 0 Å². The molecular weight excluding hydrogens is 237 g/mol. The fourth-order valence-electron chi connectivity index (χ4n) is 3.42. The third kappa shape index (κ3) is 3.17. The minimum absolute atomic E-state index is 0.0642. The van der Waals surface area contributed by atoms with Crippen molar-refractivity contribution in [1.82, 2.24) is 5.32 Å². The number of hydrogen-bond donors (Lipinski definition) is 1. The number of benzene rings is 1. The standard InChI is InChI=1S/C17H26FN/c1-11-5-8-15(16(18)9-11)17(19-4)14-7-6-12(2)13(3)10-14/h5,8-9,12-14,17,19H,6-7,10H2,1-4H3. The average molecular weight is 263 g/mol. The molecule has 4 atom stereocenters. The molecule has 1 aliphatic rings. The van der Waals surface area contributed by atoms with Crippen LogP contribution in [-0.2, 0) is 0 Å². The average Bonchev–Trinajstić information content (AvgIpc) is 2.37. The zero-order valence-corrected chi connectivity index (χ0v) is 12.5. The van der Waals surface area contributed by atoms with Crippen LogP contribution >= 0.6 is 0 Å². The lowest BCUT2D eigenvalue weighted by Crippen LogP contribution is -2.32. The molecule has 1 N–H and O–H groups in total. The second kappa shape index (κ2) is 6.04. The van der Waals surface area contributed by atoms with Gasteiger partial charge in [-0.25, -0.2) is 4.39 Å². The number of nitrogens with one attached hydrogen (secondary N) is 1. The normalized spacial score (nSPS) is 29.2. The maximum Gasteiger partial charge on any atom is 0.128 e. The molecule has 0 aliphatic heterocycles. The quantitative estimate of drug-likeness (QED) is 0.848. The van der Waals surface area contributed by atoms with Crippen molar-refractivity contribution in [2.45, 2.75) is 46.1 Å². The number of hydrogen-bond acceptors (Lipinski definition) is 1. The van der Waals surface area contributed by atoms with Gasteiger partial charge in [0.15, 0.2) is 0 Å². The molecule has 106 valence electrons. The minimum atomic E-state index is -0.0642. The summed E-state index contributed by atoms with van der Waals surface area (Å²) in [5.74, 6) is 2.03. The van der Waals surface area contributed by atoms with E-state index in [1.54, 1.807) is 6.07 Å². The predicted octanol–water partition coefficient (Wildman–Crippen LogP) is 4.47. The Labute approximate surface area is 116 Å². The second-order valence-corrected chi connectivity index (χ2v) is 6.32. The number of aryl methyl sites for hydroxylation is 1. The van der Waals surface area contributed by atoms with Gasteiger partial charge >= 0.3 is 0 Å². The Hall–Kier alpha value is -0.890. The van der Waals surface area contributed by atoms with Gasteiger partial charge in [0.25, 0.3) is 0 Å². The molecule has 0 amide bonds. The fourth-order valence-corrected chi connectivity index (χ4v) is 3.42. The molecule has 0 heterocycles. The molecule has 19 heavy (non-hydrogen) atoms. The van der Waals surface area contributed by atoms with E-state index in [0.717, 1.165) is 23.0 Å². The molecule has 1 nitrogen and oxygen atoms in total. The zero-order valence-electron chi connectivity index (χ0n) is 12.5. The Balaban J connectivity index is 2.20. The van der Waals surface area contributed by atoms with Gasteiger partial charge in [0.1, 0.15) is 5.82 Å². The van der Waals surface area contributed by atoms with Gasteiger partial charge in [0.05, 0.1) is 0 Å². The smallest absolute Gasteiger partial charge is 0.128 e. The highest BCUT2D eigenvalue weighted by molar-refractivity contribution is 5.26. The summed E-state index contributed by atoms with van der Waals surface area (Å²) in [7, 11) is 1.95. The lowest BCUT2D eigenvalue weighted by atomic mass is 9.72. The summed E-state index contributed by atoms with van der Waals surface area (Å²) < 4.78 is 14.2. The molecule has 1 fully saturated rings. The monoisotopic (exact) mass is 263 g/mol. The summed E-state index contributed by atoms with van der Waals surface area (Å²) in [6.07, 6.45) is 3.65. The van der Waals surface area contributed by atoms with Gasteiger partial charge in [-0.05, 0) is 56.2 Å². The molecule has 2 heteroatoms. The van der Waals surface area contributed by atoms with Crippen LogP contribution in [0.3, 0.4) is 0 Å². The molecule has 0 spiro atoms. The maximum absolute atomic E-state index is 14.2. The predicted molar refractivity (Wildman–Crippen MR) is 78.6 cm³/mol. The van der Waals surface area contributed by atoms with E-state index in [9.17, 15) is 4.39 Å². The summed E-state index contributed by atoms with van der Waals surface area (Å²) in [5, 5.41) is 3.34. The summed E-state index contributed by atoms with van der Waals surface area (Å²) >= 11 is 0. The van der Waals surface area contributed by atoms with Crippen LogP contribution in [0, 0.1) is 30.5 Å².